The number of aliphatic hydroxyl groups is 1. The van der Waals surface area contributed by atoms with E-state index < -0.39 is 29.3 Å². The van der Waals surface area contributed by atoms with Crippen LogP contribution in [0, 0.1) is 5.82 Å². The summed E-state index contributed by atoms with van der Waals surface area (Å²) in [6, 6.07) is 2.91. The van der Waals surface area contributed by atoms with Gasteiger partial charge in [-0.05, 0) is 19.1 Å². The van der Waals surface area contributed by atoms with E-state index in [1.807, 2.05) is 0 Å². The van der Waals surface area contributed by atoms with E-state index in [0.717, 1.165) is 6.07 Å². The molecule has 0 aliphatic carbocycles. The lowest BCUT2D eigenvalue weighted by Crippen LogP contribution is -2.23. The summed E-state index contributed by atoms with van der Waals surface area (Å²) in [4.78, 5) is 22.7. The van der Waals surface area contributed by atoms with Crippen LogP contribution in [0.25, 0.3) is 0 Å². The molecular weight excluding hydrogens is 261 g/mol. The van der Waals surface area contributed by atoms with Gasteiger partial charge in [-0.2, -0.15) is 0 Å². The van der Waals surface area contributed by atoms with Gasteiger partial charge in [0.2, 0.25) is 0 Å². The van der Waals surface area contributed by atoms with Crippen LogP contribution in [0.4, 0.5) is 4.39 Å². The number of benzene rings is 1. The van der Waals surface area contributed by atoms with Gasteiger partial charge >= 0.3 is 0 Å². The van der Waals surface area contributed by atoms with E-state index in [1.165, 1.54) is 19.1 Å². The molecule has 18 heavy (non-hydrogen) atoms. The van der Waals surface area contributed by atoms with Gasteiger partial charge in [0.25, 0.3) is 5.91 Å². The number of carbonyl (C=O) groups is 2. The third kappa shape index (κ3) is 1.97. The second kappa shape index (κ2) is 4.42. The zero-order valence-electron chi connectivity index (χ0n) is 9.33. The molecule has 0 saturated carbocycles. The molecule has 1 aromatic rings. The quantitative estimate of drug-likeness (QED) is 0.863. The number of amides is 1. The van der Waals surface area contributed by atoms with Crippen LogP contribution in [0.3, 0.4) is 0 Å². The molecule has 1 atom stereocenters. The summed E-state index contributed by atoms with van der Waals surface area (Å²) in [6.07, 6.45) is 0. The fourth-order valence-electron chi connectivity index (χ4n) is 1.87. The maximum Gasteiger partial charge on any atom is 0.287 e. The van der Waals surface area contributed by atoms with E-state index in [-0.39, 0.29) is 16.2 Å². The standard InChI is InChI=1S/C12H9ClFNO3/c1-5(16)9-10(15-12(18)11(9)17)7-3-2-6(13)4-8(7)14/h2-4,10,17H,1H3,(H,15,18). The molecule has 0 bridgehead atoms. The first kappa shape index (κ1) is 12.6. The average Bonchev–Trinajstić information content (AvgIpc) is 2.55. The van der Waals surface area contributed by atoms with Crippen LogP contribution in [0.2, 0.25) is 5.02 Å². The Morgan fingerprint density at radius 1 is 1.50 bits per heavy atom. The molecular formula is C12H9ClFNO3. The smallest absolute Gasteiger partial charge is 0.287 e. The van der Waals surface area contributed by atoms with Gasteiger partial charge in [0, 0.05) is 10.6 Å². The van der Waals surface area contributed by atoms with Crippen LogP contribution in [-0.4, -0.2) is 16.8 Å². The van der Waals surface area contributed by atoms with E-state index in [2.05, 4.69) is 5.32 Å². The summed E-state index contributed by atoms with van der Waals surface area (Å²) in [7, 11) is 0. The summed E-state index contributed by atoms with van der Waals surface area (Å²) in [6.45, 7) is 1.20. The summed E-state index contributed by atoms with van der Waals surface area (Å²) in [5, 5.41) is 12.1. The van der Waals surface area contributed by atoms with Crippen molar-refractivity contribution in [3.8, 4) is 0 Å². The topological polar surface area (TPSA) is 66.4 Å². The van der Waals surface area contributed by atoms with Crippen molar-refractivity contribution >= 4 is 23.3 Å². The maximum atomic E-state index is 13.7. The summed E-state index contributed by atoms with van der Waals surface area (Å²) in [5.74, 6) is -2.60. The number of carbonyl (C=O) groups excluding carboxylic acids is 2. The van der Waals surface area contributed by atoms with Gasteiger partial charge in [0.15, 0.2) is 11.5 Å². The molecule has 1 unspecified atom stereocenters. The first-order chi connectivity index (χ1) is 8.41. The van der Waals surface area contributed by atoms with Crippen molar-refractivity contribution in [2.45, 2.75) is 13.0 Å². The monoisotopic (exact) mass is 269 g/mol. The highest BCUT2D eigenvalue weighted by atomic mass is 35.5. The first-order valence-corrected chi connectivity index (χ1v) is 5.49. The van der Waals surface area contributed by atoms with Crippen LogP contribution >= 0.6 is 11.6 Å². The molecule has 1 heterocycles. The number of aliphatic hydroxyl groups excluding tert-OH is 1. The second-order valence-corrected chi connectivity index (χ2v) is 4.33. The van der Waals surface area contributed by atoms with Gasteiger partial charge in [-0.3, -0.25) is 9.59 Å². The Labute approximate surface area is 107 Å². The Bertz CT molecular complexity index is 583. The van der Waals surface area contributed by atoms with E-state index in [0.29, 0.717) is 0 Å². The predicted octanol–water partition coefficient (Wildman–Crippen LogP) is 2.05. The number of ketones is 1. The number of halogens is 2. The molecule has 2 N–H and O–H groups in total. The van der Waals surface area contributed by atoms with E-state index in [9.17, 15) is 19.1 Å². The number of Topliss-reactive ketones (excluding diaryl/α,β-unsaturated/α-hetero) is 1. The van der Waals surface area contributed by atoms with Crippen molar-refractivity contribution < 1.29 is 19.1 Å². The van der Waals surface area contributed by atoms with Crippen LogP contribution in [-0.2, 0) is 9.59 Å². The number of nitrogens with one attached hydrogen (secondary N) is 1. The van der Waals surface area contributed by atoms with E-state index in [4.69, 9.17) is 11.6 Å². The van der Waals surface area contributed by atoms with Crippen LogP contribution < -0.4 is 5.32 Å². The molecule has 0 radical (unpaired) electrons. The van der Waals surface area contributed by atoms with Crippen LogP contribution in [0.1, 0.15) is 18.5 Å². The van der Waals surface area contributed by atoms with Gasteiger partial charge in [-0.25, -0.2) is 4.39 Å². The minimum Gasteiger partial charge on any atom is -0.503 e. The van der Waals surface area contributed by atoms with Crippen molar-refractivity contribution in [3.05, 3.63) is 45.9 Å². The lowest BCUT2D eigenvalue weighted by atomic mass is 9.97. The molecule has 1 aliphatic rings. The second-order valence-electron chi connectivity index (χ2n) is 3.89. The normalized spacial score (nSPS) is 19.1. The summed E-state index contributed by atoms with van der Waals surface area (Å²) in [5.41, 5.74) is -0.0526. The Hall–Kier alpha value is -1.88. The first-order valence-electron chi connectivity index (χ1n) is 5.11. The van der Waals surface area contributed by atoms with Crippen molar-refractivity contribution in [3.63, 3.8) is 0 Å². The van der Waals surface area contributed by atoms with E-state index >= 15 is 0 Å². The van der Waals surface area contributed by atoms with Gasteiger partial charge < -0.3 is 10.4 Å². The highest BCUT2D eigenvalue weighted by molar-refractivity contribution is 6.30. The number of rotatable bonds is 2. The van der Waals surface area contributed by atoms with E-state index in [1.54, 1.807) is 0 Å². The lowest BCUT2D eigenvalue weighted by molar-refractivity contribution is -0.119. The van der Waals surface area contributed by atoms with Crippen molar-refractivity contribution in [2.24, 2.45) is 0 Å². The van der Waals surface area contributed by atoms with Crippen LogP contribution in [0.5, 0.6) is 0 Å². The molecule has 1 aromatic carbocycles. The average molecular weight is 270 g/mol. The van der Waals surface area contributed by atoms with Gasteiger partial charge in [-0.15, -0.1) is 0 Å². The molecule has 0 saturated heterocycles. The molecule has 94 valence electrons. The number of hydrogen-bond donors (Lipinski definition) is 2. The molecule has 0 aromatic heterocycles. The van der Waals surface area contributed by atoms with Crippen molar-refractivity contribution in [2.75, 3.05) is 0 Å². The zero-order valence-corrected chi connectivity index (χ0v) is 10.1. The Kier molecular flexibility index (Phi) is 3.09. The maximum absolute atomic E-state index is 13.7. The highest BCUT2D eigenvalue weighted by Crippen LogP contribution is 2.32. The Balaban J connectivity index is 2.52. The molecule has 1 amide bonds. The molecule has 2 rings (SSSR count). The summed E-state index contributed by atoms with van der Waals surface area (Å²) < 4.78 is 13.7. The van der Waals surface area contributed by atoms with Gasteiger partial charge in [-0.1, -0.05) is 17.7 Å². The molecule has 0 spiro atoms. The fraction of sp³-hybridized carbons (Fsp3) is 0.167. The SMILES string of the molecule is CC(=O)C1=C(O)C(=O)NC1c1ccc(Cl)cc1F. The van der Waals surface area contributed by atoms with Crippen molar-refractivity contribution in [1.82, 2.24) is 5.32 Å². The zero-order chi connectivity index (χ0) is 13.4. The third-order valence-corrected chi connectivity index (χ3v) is 2.92. The molecule has 4 nitrogen and oxygen atoms in total. The number of hydrogen-bond acceptors (Lipinski definition) is 3. The molecule has 1 aliphatic heterocycles. The lowest BCUT2D eigenvalue weighted by Gasteiger charge is -2.14. The van der Waals surface area contributed by atoms with Crippen molar-refractivity contribution in [1.29, 1.82) is 0 Å². The fourth-order valence-corrected chi connectivity index (χ4v) is 2.03. The molecule has 0 fully saturated rings. The van der Waals surface area contributed by atoms with Gasteiger partial charge in [0.1, 0.15) is 5.82 Å². The third-order valence-electron chi connectivity index (χ3n) is 2.69. The van der Waals surface area contributed by atoms with Gasteiger partial charge in [0.05, 0.1) is 11.6 Å². The largest absolute Gasteiger partial charge is 0.503 e. The highest BCUT2D eigenvalue weighted by Gasteiger charge is 2.36. The minimum absolute atomic E-state index is 0.0852. The Morgan fingerprint density at radius 3 is 2.72 bits per heavy atom. The van der Waals surface area contributed by atoms with Crippen LogP contribution in [0.15, 0.2) is 29.5 Å². The predicted molar refractivity (Wildman–Crippen MR) is 62.6 cm³/mol. The molecule has 6 heteroatoms. The minimum atomic E-state index is -0.979. The summed E-state index contributed by atoms with van der Waals surface area (Å²) >= 11 is 5.62. The Morgan fingerprint density at radius 2 is 2.17 bits per heavy atom.